The number of nitrogens with zero attached hydrogens (tertiary/aromatic N) is 5. The molecule has 0 amide bonds. The smallest absolute Gasteiger partial charge is 0.309 e. The minimum atomic E-state index is -0.724. The monoisotopic (exact) mass is 424 g/mol. The van der Waals surface area contributed by atoms with E-state index in [2.05, 4.69) is 30.2 Å². The van der Waals surface area contributed by atoms with Crippen molar-refractivity contribution in [2.24, 2.45) is 11.3 Å². The summed E-state index contributed by atoms with van der Waals surface area (Å²) in [6, 6.07) is 5.79. The number of nitrogens with one attached hydrogen (secondary N) is 1. The van der Waals surface area contributed by atoms with E-state index in [4.69, 9.17) is 0 Å². The SMILES string of the molecule is CC(C)(C(=O)O)C1CCN(c2ncc(-c3cccc(Nc4cnccn4)n3)s2)CC1. The van der Waals surface area contributed by atoms with E-state index in [0.717, 1.165) is 41.6 Å². The number of pyridine rings is 1. The Morgan fingerprint density at radius 3 is 2.67 bits per heavy atom. The topological polar surface area (TPSA) is 104 Å². The van der Waals surface area contributed by atoms with Crippen LogP contribution in [-0.4, -0.2) is 44.1 Å². The zero-order valence-corrected chi connectivity index (χ0v) is 17.8. The van der Waals surface area contributed by atoms with Gasteiger partial charge in [-0.3, -0.25) is 9.78 Å². The van der Waals surface area contributed by atoms with E-state index in [-0.39, 0.29) is 5.92 Å². The molecule has 1 aliphatic rings. The number of anilines is 3. The summed E-state index contributed by atoms with van der Waals surface area (Å²) in [7, 11) is 0. The molecule has 0 bridgehead atoms. The molecule has 1 fully saturated rings. The summed E-state index contributed by atoms with van der Waals surface area (Å²) in [6.07, 6.45) is 8.45. The average molecular weight is 425 g/mol. The van der Waals surface area contributed by atoms with Crippen LogP contribution in [0.1, 0.15) is 26.7 Å². The van der Waals surface area contributed by atoms with Gasteiger partial charge in [0, 0.05) is 31.7 Å². The molecule has 9 heteroatoms. The van der Waals surface area contributed by atoms with Crippen LogP contribution >= 0.6 is 11.3 Å². The molecule has 4 rings (SSSR count). The lowest BCUT2D eigenvalue weighted by Crippen LogP contribution is -2.42. The zero-order valence-electron chi connectivity index (χ0n) is 16.9. The third-order valence-electron chi connectivity index (χ3n) is 5.65. The minimum Gasteiger partial charge on any atom is -0.481 e. The van der Waals surface area contributed by atoms with Gasteiger partial charge in [0.05, 0.1) is 22.2 Å². The van der Waals surface area contributed by atoms with Gasteiger partial charge in [0.2, 0.25) is 0 Å². The maximum atomic E-state index is 11.5. The molecule has 8 nitrogen and oxygen atoms in total. The van der Waals surface area contributed by atoms with Gasteiger partial charge in [-0.25, -0.2) is 15.0 Å². The fourth-order valence-electron chi connectivity index (χ4n) is 3.63. The molecule has 0 saturated carbocycles. The van der Waals surface area contributed by atoms with Gasteiger partial charge in [0.25, 0.3) is 0 Å². The van der Waals surface area contributed by atoms with Gasteiger partial charge < -0.3 is 15.3 Å². The van der Waals surface area contributed by atoms with Crippen LogP contribution in [0.4, 0.5) is 16.8 Å². The first-order chi connectivity index (χ1) is 14.4. The molecule has 1 aliphatic heterocycles. The number of hydrogen-bond donors (Lipinski definition) is 2. The number of carboxylic acids is 1. The Bertz CT molecular complexity index is 1020. The van der Waals surface area contributed by atoms with Gasteiger partial charge in [-0.2, -0.15) is 0 Å². The average Bonchev–Trinajstić information content (AvgIpc) is 3.25. The third-order valence-corrected chi connectivity index (χ3v) is 6.73. The third kappa shape index (κ3) is 4.25. The highest BCUT2D eigenvalue weighted by Crippen LogP contribution is 2.38. The predicted octanol–water partition coefficient (Wildman–Crippen LogP) is 4.07. The maximum absolute atomic E-state index is 11.5. The normalized spacial score (nSPS) is 15.2. The Labute approximate surface area is 179 Å². The first-order valence-corrected chi connectivity index (χ1v) is 10.7. The number of rotatable bonds is 6. The van der Waals surface area contributed by atoms with Gasteiger partial charge in [-0.15, -0.1) is 0 Å². The summed E-state index contributed by atoms with van der Waals surface area (Å²) in [5.74, 6) is 0.786. The van der Waals surface area contributed by atoms with Gasteiger partial charge in [0.1, 0.15) is 11.6 Å². The summed E-state index contributed by atoms with van der Waals surface area (Å²) < 4.78 is 0. The number of aliphatic carboxylic acids is 1. The molecule has 0 radical (unpaired) electrons. The molecule has 1 saturated heterocycles. The summed E-state index contributed by atoms with van der Waals surface area (Å²) >= 11 is 1.60. The van der Waals surface area contributed by atoms with Crippen molar-refractivity contribution in [2.75, 3.05) is 23.3 Å². The number of piperidine rings is 1. The number of hydrogen-bond acceptors (Lipinski definition) is 8. The molecular weight excluding hydrogens is 400 g/mol. The Morgan fingerprint density at radius 1 is 1.17 bits per heavy atom. The van der Waals surface area contributed by atoms with Crippen molar-refractivity contribution in [2.45, 2.75) is 26.7 Å². The first kappa shape index (κ1) is 20.2. The van der Waals surface area contributed by atoms with Crippen molar-refractivity contribution in [1.29, 1.82) is 0 Å². The molecule has 0 unspecified atom stereocenters. The molecule has 2 N–H and O–H groups in total. The predicted molar refractivity (Wildman–Crippen MR) is 117 cm³/mol. The molecule has 3 aromatic heterocycles. The molecule has 4 heterocycles. The van der Waals surface area contributed by atoms with Gasteiger partial charge in [-0.1, -0.05) is 17.4 Å². The van der Waals surface area contributed by atoms with Crippen LogP contribution in [0.15, 0.2) is 43.0 Å². The second-order valence-electron chi connectivity index (χ2n) is 7.92. The molecular formula is C21H24N6O2S. The molecule has 30 heavy (non-hydrogen) atoms. The summed E-state index contributed by atoms with van der Waals surface area (Å²) in [5.41, 5.74) is 0.148. The van der Waals surface area contributed by atoms with Crippen molar-refractivity contribution in [3.8, 4) is 10.6 Å². The van der Waals surface area contributed by atoms with Gasteiger partial charge in [-0.05, 0) is 44.7 Å². The van der Waals surface area contributed by atoms with E-state index in [1.807, 2.05) is 38.2 Å². The quantitative estimate of drug-likeness (QED) is 0.610. The molecule has 0 aromatic carbocycles. The Morgan fingerprint density at radius 2 is 1.97 bits per heavy atom. The van der Waals surface area contributed by atoms with Crippen LogP contribution in [0.25, 0.3) is 10.6 Å². The Kier molecular flexibility index (Phi) is 5.63. The van der Waals surface area contributed by atoms with Crippen molar-refractivity contribution < 1.29 is 9.90 Å². The lowest BCUT2D eigenvalue weighted by atomic mass is 9.74. The zero-order chi connectivity index (χ0) is 21.1. The lowest BCUT2D eigenvalue weighted by molar-refractivity contribution is -0.150. The summed E-state index contributed by atoms with van der Waals surface area (Å²) in [5, 5.41) is 13.6. The van der Waals surface area contributed by atoms with E-state index in [0.29, 0.717) is 11.6 Å². The minimum absolute atomic E-state index is 0.177. The van der Waals surface area contributed by atoms with E-state index in [1.165, 1.54) is 0 Å². The summed E-state index contributed by atoms with van der Waals surface area (Å²) in [4.78, 5) is 32.3. The second-order valence-corrected chi connectivity index (χ2v) is 8.93. The highest BCUT2D eigenvalue weighted by atomic mass is 32.1. The van der Waals surface area contributed by atoms with E-state index in [9.17, 15) is 9.90 Å². The van der Waals surface area contributed by atoms with Crippen molar-refractivity contribution in [3.05, 3.63) is 43.0 Å². The number of carbonyl (C=O) groups is 1. The van der Waals surface area contributed by atoms with E-state index in [1.54, 1.807) is 29.9 Å². The Balaban J connectivity index is 1.44. The molecule has 0 atom stereocenters. The fraction of sp³-hybridized carbons (Fsp3) is 0.381. The van der Waals surface area contributed by atoms with E-state index < -0.39 is 11.4 Å². The number of aromatic nitrogens is 4. The Hall–Kier alpha value is -3.07. The second kappa shape index (κ2) is 8.35. The van der Waals surface area contributed by atoms with Crippen LogP contribution < -0.4 is 10.2 Å². The van der Waals surface area contributed by atoms with Gasteiger partial charge in [0.15, 0.2) is 5.13 Å². The molecule has 0 aliphatic carbocycles. The lowest BCUT2D eigenvalue weighted by Gasteiger charge is -2.38. The standard InChI is InChI=1S/C21H24N6O2S/c1-21(2,19(28)29)14-6-10-27(11-7-14)20-24-12-16(30-20)15-4-3-5-17(25-15)26-18-13-22-8-9-23-18/h3-5,8-9,12-14H,6-7,10-11H2,1-2H3,(H,28,29)(H,23,25,26). The number of thiazole rings is 1. The van der Waals surface area contributed by atoms with E-state index >= 15 is 0 Å². The summed E-state index contributed by atoms with van der Waals surface area (Å²) in [6.45, 7) is 5.28. The largest absolute Gasteiger partial charge is 0.481 e. The maximum Gasteiger partial charge on any atom is 0.309 e. The van der Waals surface area contributed by atoms with Crippen molar-refractivity contribution >= 4 is 34.1 Å². The number of carboxylic acid groups (broad SMARTS) is 1. The highest BCUT2D eigenvalue weighted by molar-refractivity contribution is 7.18. The fourth-order valence-corrected chi connectivity index (χ4v) is 4.57. The molecule has 156 valence electrons. The molecule has 0 spiro atoms. The molecule has 3 aromatic rings. The first-order valence-electron chi connectivity index (χ1n) is 9.88. The van der Waals surface area contributed by atoms with Crippen LogP contribution in [0.5, 0.6) is 0 Å². The van der Waals surface area contributed by atoms with Crippen LogP contribution in [0.2, 0.25) is 0 Å². The van der Waals surface area contributed by atoms with Crippen LogP contribution in [0, 0.1) is 11.3 Å². The van der Waals surface area contributed by atoms with Crippen LogP contribution in [0.3, 0.4) is 0 Å². The van der Waals surface area contributed by atoms with Crippen molar-refractivity contribution in [1.82, 2.24) is 19.9 Å². The van der Waals surface area contributed by atoms with Gasteiger partial charge >= 0.3 is 5.97 Å². The highest BCUT2D eigenvalue weighted by Gasteiger charge is 2.38. The van der Waals surface area contributed by atoms with Crippen LogP contribution in [-0.2, 0) is 4.79 Å². The van der Waals surface area contributed by atoms with Crippen molar-refractivity contribution in [3.63, 3.8) is 0 Å².